The van der Waals surface area contributed by atoms with Crippen LogP contribution in [0.1, 0.15) is 32.1 Å². The minimum Gasteiger partial charge on any atom is -0.393 e. The molecule has 1 fully saturated rings. The molecule has 29 heavy (non-hydrogen) atoms. The van der Waals surface area contributed by atoms with Crippen molar-refractivity contribution in [3.63, 3.8) is 0 Å². The van der Waals surface area contributed by atoms with Crippen LogP contribution in [0.5, 0.6) is 0 Å². The molecule has 1 saturated heterocycles. The molecule has 2 aromatic heterocycles. The van der Waals surface area contributed by atoms with E-state index in [4.69, 9.17) is 9.47 Å². The highest BCUT2D eigenvalue weighted by molar-refractivity contribution is 14.1. The van der Waals surface area contributed by atoms with Gasteiger partial charge in [0.15, 0.2) is 23.2 Å². The average Bonchev–Trinajstić information content (AvgIpc) is 3.18. The Morgan fingerprint density at radius 1 is 1.34 bits per heavy atom. The fourth-order valence-electron chi connectivity index (χ4n) is 3.41. The second-order valence-electron chi connectivity index (χ2n) is 7.25. The van der Waals surface area contributed by atoms with Gasteiger partial charge in [0.1, 0.15) is 18.0 Å². The molecular formula is C20H24IN5O3. The Morgan fingerprint density at radius 3 is 2.97 bits per heavy atom. The zero-order chi connectivity index (χ0) is 20.4. The third-order valence-electron chi connectivity index (χ3n) is 5.30. The SMILES string of the molecule is CCC1(CO)COC(C)[C@H](n2cnc3c(NCc4cccc(I)c4)ncnc32)O1. The first-order valence-electron chi connectivity index (χ1n) is 9.61. The van der Waals surface area contributed by atoms with E-state index in [1.807, 2.05) is 24.5 Å². The highest BCUT2D eigenvalue weighted by atomic mass is 127. The number of anilines is 1. The quantitative estimate of drug-likeness (QED) is 0.494. The topological polar surface area (TPSA) is 94.3 Å². The fraction of sp³-hybridized carbons (Fsp3) is 0.450. The van der Waals surface area contributed by atoms with Crippen molar-refractivity contribution in [3.05, 3.63) is 46.1 Å². The molecule has 1 aliphatic rings. The molecule has 9 heteroatoms. The van der Waals surface area contributed by atoms with Crippen molar-refractivity contribution in [1.29, 1.82) is 0 Å². The molecule has 154 valence electrons. The Labute approximate surface area is 182 Å². The maximum absolute atomic E-state index is 9.83. The van der Waals surface area contributed by atoms with E-state index in [0.29, 0.717) is 36.6 Å². The van der Waals surface area contributed by atoms with E-state index in [1.165, 1.54) is 9.90 Å². The molecule has 8 nitrogen and oxygen atoms in total. The monoisotopic (exact) mass is 509 g/mol. The normalized spacial score (nSPS) is 24.7. The predicted octanol–water partition coefficient (Wildman–Crippen LogP) is 3.12. The molecule has 2 N–H and O–H groups in total. The van der Waals surface area contributed by atoms with Crippen LogP contribution in [0, 0.1) is 3.57 Å². The van der Waals surface area contributed by atoms with Crippen LogP contribution >= 0.6 is 22.6 Å². The minimum atomic E-state index is -0.716. The number of nitrogens with one attached hydrogen (secondary N) is 1. The molecule has 3 heterocycles. The van der Waals surface area contributed by atoms with Crippen molar-refractivity contribution >= 4 is 39.6 Å². The van der Waals surface area contributed by atoms with Crippen LogP contribution in [0.4, 0.5) is 5.82 Å². The summed E-state index contributed by atoms with van der Waals surface area (Å²) in [6.07, 6.45) is 3.24. The van der Waals surface area contributed by atoms with Crippen LogP contribution in [0.15, 0.2) is 36.9 Å². The summed E-state index contributed by atoms with van der Waals surface area (Å²) in [6, 6.07) is 8.29. The van der Waals surface area contributed by atoms with Gasteiger partial charge in [-0.3, -0.25) is 4.57 Å². The van der Waals surface area contributed by atoms with Gasteiger partial charge in [0, 0.05) is 10.1 Å². The third kappa shape index (κ3) is 4.09. The van der Waals surface area contributed by atoms with E-state index < -0.39 is 11.8 Å². The molecule has 0 amide bonds. The van der Waals surface area contributed by atoms with E-state index in [9.17, 15) is 5.11 Å². The standard InChI is InChI=1S/C20H24IN5O3/c1-3-20(9-27)10-28-13(2)19(29-20)26-12-25-16-17(23-11-24-18(16)26)22-8-14-5-4-6-15(21)7-14/h4-7,11-13,19,27H,3,8-10H2,1-2H3,(H,22,23,24)/t13?,19-,20?/m1/s1. The lowest BCUT2D eigenvalue weighted by molar-refractivity contribution is -0.263. The van der Waals surface area contributed by atoms with Crippen LogP contribution in [0.3, 0.4) is 0 Å². The number of ether oxygens (including phenoxy) is 2. The number of fused-ring (bicyclic) bond motifs is 1. The number of hydrogen-bond donors (Lipinski definition) is 2. The van der Waals surface area contributed by atoms with Gasteiger partial charge in [-0.15, -0.1) is 0 Å². The summed E-state index contributed by atoms with van der Waals surface area (Å²) in [6.45, 7) is 4.83. The number of halogens is 1. The third-order valence-corrected chi connectivity index (χ3v) is 5.97. The zero-order valence-electron chi connectivity index (χ0n) is 16.4. The summed E-state index contributed by atoms with van der Waals surface area (Å²) in [5, 5.41) is 13.2. The fourth-order valence-corrected chi connectivity index (χ4v) is 4.02. The second kappa shape index (κ2) is 8.50. The molecule has 2 unspecified atom stereocenters. The predicted molar refractivity (Wildman–Crippen MR) is 117 cm³/mol. The highest BCUT2D eigenvalue weighted by Crippen LogP contribution is 2.34. The first-order chi connectivity index (χ1) is 14.0. The van der Waals surface area contributed by atoms with Gasteiger partial charge in [-0.05, 0) is 53.6 Å². The van der Waals surface area contributed by atoms with E-state index in [-0.39, 0.29) is 12.7 Å². The number of aromatic nitrogens is 4. The van der Waals surface area contributed by atoms with Gasteiger partial charge in [0.25, 0.3) is 0 Å². The minimum absolute atomic E-state index is 0.100. The lowest BCUT2D eigenvalue weighted by atomic mass is 10.0. The van der Waals surface area contributed by atoms with Crippen LogP contribution in [-0.2, 0) is 16.0 Å². The molecule has 0 radical (unpaired) electrons. The van der Waals surface area contributed by atoms with Gasteiger partial charge in [-0.25, -0.2) is 15.0 Å². The second-order valence-corrected chi connectivity index (χ2v) is 8.49. The van der Waals surface area contributed by atoms with E-state index >= 15 is 0 Å². The summed E-state index contributed by atoms with van der Waals surface area (Å²) in [7, 11) is 0. The highest BCUT2D eigenvalue weighted by Gasteiger charge is 2.41. The smallest absolute Gasteiger partial charge is 0.167 e. The molecule has 4 rings (SSSR count). The number of imidazole rings is 1. The summed E-state index contributed by atoms with van der Waals surface area (Å²) in [4.78, 5) is 13.3. The molecular weight excluding hydrogens is 485 g/mol. The van der Waals surface area contributed by atoms with Crippen LogP contribution in [-0.4, -0.2) is 49.5 Å². The number of rotatable bonds is 6. The Kier molecular flexibility index (Phi) is 6.00. The number of hydrogen-bond acceptors (Lipinski definition) is 7. The van der Waals surface area contributed by atoms with Crippen molar-refractivity contribution in [2.75, 3.05) is 18.5 Å². The van der Waals surface area contributed by atoms with Gasteiger partial charge in [-0.2, -0.15) is 0 Å². The molecule has 1 aliphatic heterocycles. The van der Waals surface area contributed by atoms with Gasteiger partial charge in [-0.1, -0.05) is 19.1 Å². The van der Waals surface area contributed by atoms with E-state index in [0.717, 1.165) is 5.56 Å². The van der Waals surface area contributed by atoms with Crippen LogP contribution in [0.2, 0.25) is 0 Å². The maximum atomic E-state index is 9.83. The van der Waals surface area contributed by atoms with Crippen LogP contribution < -0.4 is 5.32 Å². The molecule has 3 atom stereocenters. The Balaban J connectivity index is 1.61. The number of benzene rings is 1. The summed E-state index contributed by atoms with van der Waals surface area (Å²) >= 11 is 2.30. The average molecular weight is 509 g/mol. The first-order valence-corrected chi connectivity index (χ1v) is 10.7. The molecule has 1 aromatic carbocycles. The van der Waals surface area contributed by atoms with Crippen molar-refractivity contribution in [3.8, 4) is 0 Å². The van der Waals surface area contributed by atoms with Gasteiger partial charge in [0.05, 0.1) is 19.5 Å². The molecule has 0 saturated carbocycles. The number of aliphatic hydroxyl groups excluding tert-OH is 1. The molecule has 0 bridgehead atoms. The zero-order valence-corrected chi connectivity index (χ0v) is 18.5. The van der Waals surface area contributed by atoms with Crippen molar-refractivity contribution in [2.45, 2.75) is 44.7 Å². The molecule has 3 aromatic rings. The number of aliphatic hydroxyl groups is 1. The Morgan fingerprint density at radius 2 is 2.21 bits per heavy atom. The molecule has 0 spiro atoms. The summed E-state index contributed by atoms with van der Waals surface area (Å²) in [5.41, 5.74) is 1.78. The molecule has 0 aliphatic carbocycles. The lowest BCUT2D eigenvalue weighted by Crippen LogP contribution is -2.51. The van der Waals surface area contributed by atoms with Crippen molar-refractivity contribution in [1.82, 2.24) is 19.5 Å². The number of nitrogens with zero attached hydrogens (tertiary/aromatic N) is 4. The van der Waals surface area contributed by atoms with Crippen LogP contribution in [0.25, 0.3) is 11.2 Å². The lowest BCUT2D eigenvalue weighted by Gasteiger charge is -2.42. The maximum Gasteiger partial charge on any atom is 0.167 e. The van der Waals surface area contributed by atoms with Gasteiger partial charge < -0.3 is 19.9 Å². The van der Waals surface area contributed by atoms with Crippen molar-refractivity contribution < 1.29 is 14.6 Å². The van der Waals surface area contributed by atoms with Gasteiger partial charge >= 0.3 is 0 Å². The van der Waals surface area contributed by atoms with Crippen molar-refractivity contribution in [2.24, 2.45) is 0 Å². The Hall–Kier alpha value is -1.82. The van der Waals surface area contributed by atoms with E-state index in [1.54, 1.807) is 6.33 Å². The Bertz CT molecular complexity index is 991. The first kappa shape index (κ1) is 20.5. The van der Waals surface area contributed by atoms with Gasteiger partial charge in [0.2, 0.25) is 0 Å². The summed E-state index contributed by atoms with van der Waals surface area (Å²) < 4.78 is 15.2. The van der Waals surface area contributed by atoms with E-state index in [2.05, 4.69) is 61.1 Å². The largest absolute Gasteiger partial charge is 0.393 e. The summed E-state index contributed by atoms with van der Waals surface area (Å²) in [5.74, 6) is 0.668.